The van der Waals surface area contributed by atoms with Gasteiger partial charge in [-0.25, -0.2) is 0 Å². The molecular weight excluding hydrogens is 244 g/mol. The molecule has 0 spiro atoms. The van der Waals surface area contributed by atoms with E-state index in [4.69, 9.17) is 0 Å². The molecule has 0 saturated carbocycles. The highest BCUT2D eigenvalue weighted by atomic mass is 15.2. The smallest absolute Gasteiger partial charge is 0.0351 e. The van der Waals surface area contributed by atoms with Crippen molar-refractivity contribution < 1.29 is 0 Å². The molecule has 1 N–H and O–H groups in total. The predicted octanol–water partition coefficient (Wildman–Crippen LogP) is 3.83. The SMILES string of the molecule is CCCCC[C@H](c1cccc(C)c1C)N1CCNCC1. The summed E-state index contributed by atoms with van der Waals surface area (Å²) >= 11 is 0. The number of unbranched alkanes of at least 4 members (excludes halogenated alkanes) is 2. The van der Waals surface area contributed by atoms with Crippen molar-refractivity contribution in [2.24, 2.45) is 0 Å². The highest BCUT2D eigenvalue weighted by Gasteiger charge is 2.23. The summed E-state index contributed by atoms with van der Waals surface area (Å²) in [5.74, 6) is 0. The molecule has 112 valence electrons. The van der Waals surface area contributed by atoms with Gasteiger partial charge in [0.15, 0.2) is 0 Å². The van der Waals surface area contributed by atoms with Crippen molar-refractivity contribution in [2.75, 3.05) is 26.2 Å². The van der Waals surface area contributed by atoms with Crippen molar-refractivity contribution in [2.45, 2.75) is 52.5 Å². The molecule has 0 radical (unpaired) electrons. The molecular formula is C18H30N2. The number of hydrogen-bond acceptors (Lipinski definition) is 2. The molecule has 0 unspecified atom stereocenters. The summed E-state index contributed by atoms with van der Waals surface area (Å²) in [7, 11) is 0. The van der Waals surface area contributed by atoms with Gasteiger partial charge >= 0.3 is 0 Å². The molecule has 1 aliphatic rings. The Kier molecular flexibility index (Phi) is 6.06. The third kappa shape index (κ3) is 3.83. The standard InChI is InChI=1S/C18H30N2/c1-4-5-6-10-18(20-13-11-19-12-14-20)17-9-7-8-15(2)16(17)3/h7-9,18-19H,4-6,10-14H2,1-3H3/t18-/m1/s1. The number of piperazine rings is 1. The van der Waals surface area contributed by atoms with Gasteiger partial charge in [-0.15, -0.1) is 0 Å². The second-order valence-corrected chi connectivity index (χ2v) is 6.09. The van der Waals surface area contributed by atoms with E-state index in [2.05, 4.69) is 49.2 Å². The van der Waals surface area contributed by atoms with Crippen molar-refractivity contribution in [1.82, 2.24) is 10.2 Å². The van der Waals surface area contributed by atoms with E-state index in [0.717, 1.165) is 13.1 Å². The largest absolute Gasteiger partial charge is 0.314 e. The summed E-state index contributed by atoms with van der Waals surface area (Å²) in [6, 6.07) is 7.43. The van der Waals surface area contributed by atoms with Gasteiger partial charge in [0.2, 0.25) is 0 Å². The lowest BCUT2D eigenvalue weighted by Gasteiger charge is -2.36. The topological polar surface area (TPSA) is 15.3 Å². The average molecular weight is 274 g/mol. The van der Waals surface area contributed by atoms with Crippen LogP contribution in [0.4, 0.5) is 0 Å². The minimum absolute atomic E-state index is 0.614. The monoisotopic (exact) mass is 274 g/mol. The Balaban J connectivity index is 2.17. The molecule has 2 rings (SSSR count). The van der Waals surface area contributed by atoms with Crippen LogP contribution in [0.15, 0.2) is 18.2 Å². The zero-order chi connectivity index (χ0) is 14.4. The Bertz CT molecular complexity index is 408. The molecule has 1 aliphatic heterocycles. The highest BCUT2D eigenvalue weighted by Crippen LogP contribution is 2.30. The van der Waals surface area contributed by atoms with Crippen LogP contribution in [-0.2, 0) is 0 Å². The second kappa shape index (κ2) is 7.80. The highest BCUT2D eigenvalue weighted by molar-refractivity contribution is 5.35. The van der Waals surface area contributed by atoms with Crippen molar-refractivity contribution in [1.29, 1.82) is 0 Å². The third-order valence-electron chi connectivity index (χ3n) is 4.68. The molecule has 20 heavy (non-hydrogen) atoms. The number of benzene rings is 1. The van der Waals surface area contributed by atoms with E-state index in [1.54, 1.807) is 5.56 Å². The van der Waals surface area contributed by atoms with Gasteiger partial charge < -0.3 is 5.32 Å². The summed E-state index contributed by atoms with van der Waals surface area (Å²) < 4.78 is 0. The molecule has 1 fully saturated rings. The molecule has 1 aromatic rings. The van der Waals surface area contributed by atoms with Gasteiger partial charge in [0.1, 0.15) is 0 Å². The summed E-state index contributed by atoms with van der Waals surface area (Å²) in [5, 5.41) is 3.47. The maximum Gasteiger partial charge on any atom is 0.0351 e. The van der Waals surface area contributed by atoms with Crippen LogP contribution in [0.25, 0.3) is 0 Å². The summed E-state index contributed by atoms with van der Waals surface area (Å²) in [5.41, 5.74) is 4.48. The number of rotatable bonds is 6. The first-order valence-electron chi connectivity index (χ1n) is 8.25. The van der Waals surface area contributed by atoms with E-state index in [1.807, 2.05) is 0 Å². The maximum absolute atomic E-state index is 3.47. The molecule has 0 amide bonds. The van der Waals surface area contributed by atoms with Gasteiger partial charge in [0, 0.05) is 32.2 Å². The van der Waals surface area contributed by atoms with Gasteiger partial charge in [-0.3, -0.25) is 4.90 Å². The molecule has 0 aromatic heterocycles. The lowest BCUT2D eigenvalue weighted by Crippen LogP contribution is -2.45. The van der Waals surface area contributed by atoms with Crippen molar-refractivity contribution in [3.8, 4) is 0 Å². The van der Waals surface area contributed by atoms with Crippen LogP contribution in [0.3, 0.4) is 0 Å². The number of nitrogens with zero attached hydrogens (tertiary/aromatic N) is 1. The normalized spacial score (nSPS) is 18.1. The van der Waals surface area contributed by atoms with Gasteiger partial charge in [-0.2, -0.15) is 0 Å². The predicted molar refractivity (Wildman–Crippen MR) is 87.2 cm³/mol. The molecule has 0 aliphatic carbocycles. The lowest BCUT2D eigenvalue weighted by atomic mass is 9.92. The van der Waals surface area contributed by atoms with Gasteiger partial charge in [0.05, 0.1) is 0 Å². The van der Waals surface area contributed by atoms with Crippen molar-refractivity contribution in [3.63, 3.8) is 0 Å². The molecule has 1 aromatic carbocycles. The zero-order valence-corrected chi connectivity index (χ0v) is 13.4. The summed E-state index contributed by atoms with van der Waals surface area (Å²) in [6.07, 6.45) is 5.31. The second-order valence-electron chi connectivity index (χ2n) is 6.09. The summed E-state index contributed by atoms with van der Waals surface area (Å²) in [6.45, 7) is 11.5. The van der Waals surface area contributed by atoms with Crippen molar-refractivity contribution in [3.05, 3.63) is 34.9 Å². The molecule has 2 heteroatoms. The first kappa shape index (κ1) is 15.5. The Hall–Kier alpha value is -0.860. The summed E-state index contributed by atoms with van der Waals surface area (Å²) in [4.78, 5) is 2.69. The van der Waals surface area contributed by atoms with Gasteiger partial charge in [-0.1, -0.05) is 44.4 Å². The van der Waals surface area contributed by atoms with E-state index in [9.17, 15) is 0 Å². The van der Waals surface area contributed by atoms with Crippen LogP contribution in [0.1, 0.15) is 55.3 Å². The zero-order valence-electron chi connectivity index (χ0n) is 13.4. The Morgan fingerprint density at radius 2 is 1.90 bits per heavy atom. The van der Waals surface area contributed by atoms with Crippen LogP contribution in [-0.4, -0.2) is 31.1 Å². The number of hydrogen-bond donors (Lipinski definition) is 1. The Labute approximate surface area is 124 Å². The van der Waals surface area contributed by atoms with Crippen molar-refractivity contribution >= 4 is 0 Å². The Morgan fingerprint density at radius 1 is 1.15 bits per heavy atom. The molecule has 1 heterocycles. The van der Waals surface area contributed by atoms with E-state index in [0.29, 0.717) is 6.04 Å². The van der Waals surface area contributed by atoms with E-state index < -0.39 is 0 Å². The van der Waals surface area contributed by atoms with Crippen LogP contribution >= 0.6 is 0 Å². The molecule has 1 saturated heterocycles. The van der Waals surface area contributed by atoms with E-state index in [-0.39, 0.29) is 0 Å². The van der Waals surface area contributed by atoms with E-state index in [1.165, 1.54) is 49.9 Å². The molecule has 0 bridgehead atoms. The maximum atomic E-state index is 3.47. The fourth-order valence-corrected chi connectivity index (χ4v) is 3.25. The van der Waals surface area contributed by atoms with Crippen LogP contribution in [0.5, 0.6) is 0 Å². The van der Waals surface area contributed by atoms with Crippen LogP contribution < -0.4 is 5.32 Å². The molecule has 2 nitrogen and oxygen atoms in total. The number of aryl methyl sites for hydroxylation is 1. The minimum Gasteiger partial charge on any atom is -0.314 e. The fourth-order valence-electron chi connectivity index (χ4n) is 3.25. The van der Waals surface area contributed by atoms with Crippen LogP contribution in [0.2, 0.25) is 0 Å². The first-order valence-corrected chi connectivity index (χ1v) is 8.25. The Morgan fingerprint density at radius 3 is 2.60 bits per heavy atom. The van der Waals surface area contributed by atoms with Gasteiger partial charge in [-0.05, 0) is 37.0 Å². The lowest BCUT2D eigenvalue weighted by molar-refractivity contribution is 0.162. The van der Waals surface area contributed by atoms with Gasteiger partial charge in [0.25, 0.3) is 0 Å². The first-order chi connectivity index (χ1) is 9.74. The van der Waals surface area contributed by atoms with Crippen LogP contribution in [0, 0.1) is 13.8 Å². The minimum atomic E-state index is 0.614. The quantitative estimate of drug-likeness (QED) is 0.793. The third-order valence-corrected chi connectivity index (χ3v) is 4.68. The van der Waals surface area contributed by atoms with E-state index >= 15 is 0 Å². The average Bonchev–Trinajstić information content (AvgIpc) is 2.48. The molecule has 1 atom stereocenters. The number of nitrogens with one attached hydrogen (secondary N) is 1. The fraction of sp³-hybridized carbons (Fsp3) is 0.667.